The van der Waals surface area contributed by atoms with Gasteiger partial charge in [-0.15, -0.1) is 0 Å². The van der Waals surface area contributed by atoms with Crippen molar-refractivity contribution in [3.63, 3.8) is 0 Å². The third-order valence-corrected chi connectivity index (χ3v) is 3.21. The van der Waals surface area contributed by atoms with E-state index in [1.807, 2.05) is 6.92 Å². The fourth-order valence-corrected chi connectivity index (χ4v) is 1.98. The van der Waals surface area contributed by atoms with Crippen molar-refractivity contribution in [1.29, 1.82) is 0 Å². The highest BCUT2D eigenvalue weighted by molar-refractivity contribution is 5.96. The van der Waals surface area contributed by atoms with Crippen molar-refractivity contribution in [2.45, 2.75) is 13.3 Å². The molecule has 0 aliphatic carbocycles. The van der Waals surface area contributed by atoms with Crippen LogP contribution in [0.15, 0.2) is 42.5 Å². The van der Waals surface area contributed by atoms with Gasteiger partial charge < -0.3 is 10.1 Å². The van der Waals surface area contributed by atoms with Crippen molar-refractivity contribution in [1.82, 2.24) is 0 Å². The molecule has 0 unspecified atom stereocenters. The normalized spacial score (nSPS) is 10.1. The first kappa shape index (κ1) is 15.7. The molecule has 0 aliphatic heterocycles. The van der Waals surface area contributed by atoms with Crippen molar-refractivity contribution in [3.8, 4) is 0 Å². The number of carbonyl (C=O) groups is 2. The quantitative estimate of drug-likeness (QED) is 0.883. The van der Waals surface area contributed by atoms with Crippen molar-refractivity contribution in [2.24, 2.45) is 0 Å². The number of hydrogen-bond acceptors (Lipinski definition) is 3. The molecule has 0 aromatic heterocycles. The summed E-state index contributed by atoms with van der Waals surface area (Å²) in [5, 5.41) is 2.75. The monoisotopic (exact) mass is 301 g/mol. The molecule has 0 fully saturated rings. The molecule has 0 spiro atoms. The van der Waals surface area contributed by atoms with Crippen LogP contribution in [0.2, 0.25) is 0 Å². The molecule has 4 nitrogen and oxygen atoms in total. The molecule has 0 bridgehead atoms. The molecule has 2 aromatic rings. The van der Waals surface area contributed by atoms with E-state index in [0.717, 1.165) is 5.56 Å². The topological polar surface area (TPSA) is 55.4 Å². The van der Waals surface area contributed by atoms with E-state index in [4.69, 9.17) is 0 Å². The Bertz CT molecular complexity index is 696. The summed E-state index contributed by atoms with van der Waals surface area (Å²) >= 11 is 0. The summed E-state index contributed by atoms with van der Waals surface area (Å²) in [4.78, 5) is 23.6. The highest BCUT2D eigenvalue weighted by Crippen LogP contribution is 2.18. The van der Waals surface area contributed by atoms with Crippen LogP contribution in [0.5, 0.6) is 0 Å². The van der Waals surface area contributed by atoms with Gasteiger partial charge in [0.1, 0.15) is 5.82 Å². The molecule has 0 saturated carbocycles. The molecule has 5 heteroatoms. The lowest BCUT2D eigenvalue weighted by atomic mass is 10.1. The van der Waals surface area contributed by atoms with Crippen LogP contribution in [0.25, 0.3) is 0 Å². The van der Waals surface area contributed by atoms with E-state index in [1.165, 1.54) is 19.2 Å². The minimum absolute atomic E-state index is 0.127. The van der Waals surface area contributed by atoms with Gasteiger partial charge in [-0.25, -0.2) is 9.18 Å². The lowest BCUT2D eigenvalue weighted by molar-refractivity contribution is -0.115. The van der Waals surface area contributed by atoms with Crippen molar-refractivity contribution < 1.29 is 18.7 Å². The van der Waals surface area contributed by atoms with Gasteiger partial charge in [0.15, 0.2) is 0 Å². The molecule has 0 radical (unpaired) electrons. The number of benzene rings is 2. The second-order valence-electron chi connectivity index (χ2n) is 4.87. The Labute approximate surface area is 127 Å². The Balaban J connectivity index is 2.10. The first-order valence-electron chi connectivity index (χ1n) is 6.73. The van der Waals surface area contributed by atoms with E-state index in [0.29, 0.717) is 16.8 Å². The van der Waals surface area contributed by atoms with Crippen LogP contribution in [0, 0.1) is 12.7 Å². The number of amides is 1. The molecule has 1 amide bonds. The fraction of sp³-hybridized carbons (Fsp3) is 0.176. The van der Waals surface area contributed by atoms with Gasteiger partial charge in [0.25, 0.3) is 0 Å². The van der Waals surface area contributed by atoms with Gasteiger partial charge in [0.05, 0.1) is 19.1 Å². The Morgan fingerprint density at radius 3 is 2.45 bits per heavy atom. The maximum atomic E-state index is 12.8. The van der Waals surface area contributed by atoms with Crippen LogP contribution in [-0.4, -0.2) is 19.0 Å². The van der Waals surface area contributed by atoms with Crippen molar-refractivity contribution in [3.05, 3.63) is 65.0 Å². The second-order valence-corrected chi connectivity index (χ2v) is 4.87. The van der Waals surface area contributed by atoms with E-state index in [1.54, 1.807) is 30.3 Å². The SMILES string of the molecule is COC(=O)c1ccc(C)c(NC(=O)Cc2ccc(F)cc2)c1. The minimum atomic E-state index is -0.464. The van der Waals surface area contributed by atoms with E-state index in [2.05, 4.69) is 10.1 Å². The number of ether oxygens (including phenoxy) is 1. The molecule has 0 saturated heterocycles. The zero-order valence-corrected chi connectivity index (χ0v) is 12.4. The molecule has 2 rings (SSSR count). The molecule has 114 valence electrons. The average Bonchev–Trinajstić information content (AvgIpc) is 2.51. The number of aryl methyl sites for hydroxylation is 1. The van der Waals surface area contributed by atoms with E-state index in [-0.39, 0.29) is 18.1 Å². The number of methoxy groups -OCH3 is 1. The Hall–Kier alpha value is -2.69. The number of rotatable bonds is 4. The van der Waals surface area contributed by atoms with Crippen LogP contribution >= 0.6 is 0 Å². The lowest BCUT2D eigenvalue weighted by Gasteiger charge is -2.10. The number of carbonyl (C=O) groups excluding carboxylic acids is 2. The summed E-state index contributed by atoms with van der Waals surface area (Å²) in [6.45, 7) is 1.83. The maximum absolute atomic E-state index is 12.8. The number of anilines is 1. The zero-order valence-electron chi connectivity index (χ0n) is 12.4. The van der Waals surface area contributed by atoms with Gasteiger partial charge in [-0.2, -0.15) is 0 Å². The molecule has 1 N–H and O–H groups in total. The highest BCUT2D eigenvalue weighted by Gasteiger charge is 2.10. The average molecular weight is 301 g/mol. The van der Waals surface area contributed by atoms with Crippen LogP contribution < -0.4 is 5.32 Å². The van der Waals surface area contributed by atoms with Gasteiger partial charge in [-0.1, -0.05) is 18.2 Å². The molecule has 2 aromatic carbocycles. The number of nitrogens with one attached hydrogen (secondary N) is 1. The molecular weight excluding hydrogens is 285 g/mol. The van der Waals surface area contributed by atoms with Crippen LogP contribution in [-0.2, 0) is 16.0 Å². The van der Waals surface area contributed by atoms with E-state index in [9.17, 15) is 14.0 Å². The summed E-state index contributed by atoms with van der Waals surface area (Å²) in [5.74, 6) is -1.04. The van der Waals surface area contributed by atoms with Crippen LogP contribution in [0.3, 0.4) is 0 Å². The molecule has 0 atom stereocenters. The molecule has 22 heavy (non-hydrogen) atoms. The van der Waals surface area contributed by atoms with Gasteiger partial charge in [-0.3, -0.25) is 4.79 Å². The molecule has 0 aliphatic rings. The minimum Gasteiger partial charge on any atom is -0.465 e. The predicted octanol–water partition coefficient (Wildman–Crippen LogP) is 3.10. The van der Waals surface area contributed by atoms with Crippen molar-refractivity contribution >= 4 is 17.6 Å². The van der Waals surface area contributed by atoms with Gasteiger partial charge >= 0.3 is 5.97 Å². The lowest BCUT2D eigenvalue weighted by Crippen LogP contribution is -2.15. The second kappa shape index (κ2) is 6.85. The first-order valence-corrected chi connectivity index (χ1v) is 6.73. The largest absolute Gasteiger partial charge is 0.465 e. The number of esters is 1. The molecule has 0 heterocycles. The van der Waals surface area contributed by atoms with Gasteiger partial charge in [0, 0.05) is 5.69 Å². The smallest absolute Gasteiger partial charge is 0.337 e. The third-order valence-electron chi connectivity index (χ3n) is 3.21. The third kappa shape index (κ3) is 3.91. The number of halogens is 1. The van der Waals surface area contributed by atoms with E-state index < -0.39 is 5.97 Å². The first-order chi connectivity index (χ1) is 10.5. The Morgan fingerprint density at radius 2 is 1.82 bits per heavy atom. The Kier molecular flexibility index (Phi) is 4.88. The van der Waals surface area contributed by atoms with Crippen LogP contribution in [0.4, 0.5) is 10.1 Å². The van der Waals surface area contributed by atoms with Crippen LogP contribution in [0.1, 0.15) is 21.5 Å². The fourth-order valence-electron chi connectivity index (χ4n) is 1.98. The highest BCUT2D eigenvalue weighted by atomic mass is 19.1. The summed E-state index contributed by atoms with van der Waals surface area (Å²) in [6, 6.07) is 10.7. The standard InChI is InChI=1S/C17H16FNO3/c1-11-3-6-13(17(21)22-2)10-15(11)19-16(20)9-12-4-7-14(18)8-5-12/h3-8,10H,9H2,1-2H3,(H,19,20). The molecular formula is C17H16FNO3. The predicted molar refractivity (Wildman–Crippen MR) is 81.3 cm³/mol. The summed E-state index contributed by atoms with van der Waals surface area (Å²) in [6.07, 6.45) is 0.127. The maximum Gasteiger partial charge on any atom is 0.337 e. The van der Waals surface area contributed by atoms with Gasteiger partial charge in [-0.05, 0) is 42.3 Å². The number of hydrogen-bond donors (Lipinski definition) is 1. The Morgan fingerprint density at radius 1 is 1.14 bits per heavy atom. The zero-order chi connectivity index (χ0) is 16.1. The van der Waals surface area contributed by atoms with Gasteiger partial charge in [0.2, 0.25) is 5.91 Å². The van der Waals surface area contributed by atoms with Crippen molar-refractivity contribution in [2.75, 3.05) is 12.4 Å². The summed E-state index contributed by atoms with van der Waals surface area (Å²) in [5.41, 5.74) is 2.46. The summed E-state index contributed by atoms with van der Waals surface area (Å²) < 4.78 is 17.5. The van der Waals surface area contributed by atoms with E-state index >= 15 is 0 Å². The summed E-state index contributed by atoms with van der Waals surface area (Å²) in [7, 11) is 1.30.